The van der Waals surface area contributed by atoms with Crippen LogP contribution in [0.4, 0.5) is 0 Å². The summed E-state index contributed by atoms with van der Waals surface area (Å²) in [5.74, 6) is -5.18. The Kier molecular flexibility index (Phi) is 21.0. The van der Waals surface area contributed by atoms with Crippen LogP contribution in [0.1, 0.15) is 73.5 Å². The van der Waals surface area contributed by atoms with E-state index in [0.29, 0.717) is 0 Å². The second-order valence-corrected chi connectivity index (χ2v) is 19.9. The topological polar surface area (TPSA) is 354 Å². The number of nitrogens with zero attached hydrogens (tertiary/aromatic N) is 12. The standard InChI is InChI=1S/C62H54N12O16/c63-69-65-33-47-49(85-55(75)39-19-7-1-8-20-39)51(87-57(77)41-23-11-3-12-24-41)53(89-59(79)43-27-15-5-16-28-43)61(83-47)81-37-45-35-73(71-67-45)31-32-74-36-46(68-72-74)38-82-62-54(90-60(80)44-29-17-6-18-30-44)52(88-58(78)42-25-13-4-14-26-42)50(48(84-62)34-66-70-64)86-56(76)40-21-9-2-10-22-40/h1-30,35-36,47-54,61-62H,31-34,37-38H2/t47-,48?,49-,50+,51+,52-,53+,54-,61-,62+/m0/s1. The van der Waals surface area contributed by atoms with E-state index in [1.54, 1.807) is 122 Å². The quantitative estimate of drug-likeness (QED) is 0.0172. The number of carbonyl (C=O) groups is 6. The molecular weight excluding hydrogens is 1170 g/mol. The van der Waals surface area contributed by atoms with Crippen LogP contribution in [0.3, 0.4) is 0 Å². The molecule has 1 unspecified atom stereocenters. The van der Waals surface area contributed by atoms with E-state index < -0.39 is 110 Å². The third kappa shape index (κ3) is 16.1. The fraction of sp³-hybridized carbons (Fsp3) is 0.258. The van der Waals surface area contributed by atoms with Crippen molar-refractivity contribution in [1.29, 1.82) is 0 Å². The van der Waals surface area contributed by atoms with Gasteiger partial charge in [0.25, 0.3) is 0 Å². The van der Waals surface area contributed by atoms with Crippen molar-refractivity contribution < 1.29 is 76.1 Å². The number of aromatic nitrogens is 6. The summed E-state index contributed by atoms with van der Waals surface area (Å²) >= 11 is 0. The molecule has 2 aliphatic rings. The zero-order valence-electron chi connectivity index (χ0n) is 47.4. The summed E-state index contributed by atoms with van der Waals surface area (Å²) in [7, 11) is 0. The lowest BCUT2D eigenvalue weighted by Gasteiger charge is -2.44. The highest BCUT2D eigenvalue weighted by Crippen LogP contribution is 2.34. The van der Waals surface area contributed by atoms with E-state index in [9.17, 15) is 39.8 Å². The number of carbonyl (C=O) groups excluding carboxylic acids is 6. The highest BCUT2D eigenvalue weighted by atomic mass is 16.7. The van der Waals surface area contributed by atoms with Crippen LogP contribution in [-0.2, 0) is 73.7 Å². The van der Waals surface area contributed by atoms with E-state index in [4.69, 9.17) is 47.4 Å². The minimum Gasteiger partial charge on any atom is -0.452 e. The Morgan fingerprint density at radius 1 is 0.389 bits per heavy atom. The first-order valence-electron chi connectivity index (χ1n) is 27.9. The van der Waals surface area contributed by atoms with Crippen molar-refractivity contribution in [1.82, 2.24) is 30.0 Å². The highest BCUT2D eigenvalue weighted by Gasteiger charge is 2.55. The number of benzene rings is 6. The lowest BCUT2D eigenvalue weighted by atomic mass is 9.97. The van der Waals surface area contributed by atoms with Crippen molar-refractivity contribution >= 4 is 35.8 Å². The van der Waals surface area contributed by atoms with E-state index in [1.807, 2.05) is 0 Å². The zero-order chi connectivity index (χ0) is 62.6. The van der Waals surface area contributed by atoms with Gasteiger partial charge in [0.05, 0.1) is 85.2 Å². The van der Waals surface area contributed by atoms with Crippen molar-refractivity contribution in [3.63, 3.8) is 0 Å². The van der Waals surface area contributed by atoms with Crippen LogP contribution in [-0.4, -0.2) is 140 Å². The summed E-state index contributed by atoms with van der Waals surface area (Å²) in [6.07, 6.45) is -12.2. The third-order valence-corrected chi connectivity index (χ3v) is 13.9. The van der Waals surface area contributed by atoms with Gasteiger partial charge in [0.2, 0.25) is 0 Å². The molecule has 90 heavy (non-hydrogen) atoms. The van der Waals surface area contributed by atoms with Gasteiger partial charge < -0.3 is 47.4 Å². The molecule has 0 N–H and O–H groups in total. The molecule has 10 atom stereocenters. The number of azide groups is 2. The van der Waals surface area contributed by atoms with Crippen LogP contribution in [0.25, 0.3) is 20.9 Å². The maximum atomic E-state index is 13.9. The lowest BCUT2D eigenvalue weighted by molar-refractivity contribution is -0.295. The number of esters is 6. The SMILES string of the molecule is [N-]=[N+]=NCC1O[C@@H](OCc2cn(CCn3cc(CO[C@H]4O[C@@H](CN=[N+]=[N-])[C@H](OC(=O)c5ccccc5)[C@@H](OC(=O)c5ccccc5)[C@H]4OC(=O)c4ccccc4)nn3)nn2)[C@@H](OC(=O)c2ccccc2)[C@@H](OC(=O)c2ccccc2)[C@@H]1OC(=O)c1ccccc1. The maximum Gasteiger partial charge on any atom is 0.338 e. The molecule has 0 radical (unpaired) electrons. The van der Waals surface area contributed by atoms with Gasteiger partial charge in [-0.3, -0.25) is 9.36 Å². The Labute approximate surface area is 511 Å². The summed E-state index contributed by atoms with van der Waals surface area (Å²) < 4.78 is 64.5. The van der Waals surface area contributed by atoms with Gasteiger partial charge >= 0.3 is 35.8 Å². The average Bonchev–Trinajstić information content (AvgIpc) is 1.05. The number of hydrogen-bond donors (Lipinski definition) is 0. The minimum absolute atomic E-state index is 0.115. The monoisotopic (exact) mass is 1220 g/mol. The molecule has 0 saturated carbocycles. The molecule has 10 rings (SSSR count). The molecule has 458 valence electrons. The Hall–Kier alpha value is -11.1. The van der Waals surface area contributed by atoms with E-state index in [0.717, 1.165) is 0 Å². The van der Waals surface area contributed by atoms with Crippen molar-refractivity contribution in [2.24, 2.45) is 10.2 Å². The van der Waals surface area contributed by atoms with Crippen LogP contribution >= 0.6 is 0 Å². The first kappa shape index (κ1) is 61.9. The molecule has 0 amide bonds. The van der Waals surface area contributed by atoms with Gasteiger partial charge in [0, 0.05) is 9.82 Å². The first-order valence-corrected chi connectivity index (χ1v) is 27.9. The highest BCUT2D eigenvalue weighted by molar-refractivity contribution is 5.93. The van der Waals surface area contributed by atoms with Crippen LogP contribution in [0.2, 0.25) is 0 Å². The molecule has 2 aliphatic heterocycles. The maximum absolute atomic E-state index is 13.9. The number of rotatable bonds is 25. The Balaban J connectivity index is 0.854. The molecule has 2 aromatic heterocycles. The average molecular weight is 1220 g/mol. The van der Waals surface area contributed by atoms with E-state index in [1.165, 1.54) is 82.2 Å². The minimum atomic E-state index is -1.62. The zero-order valence-corrected chi connectivity index (χ0v) is 47.4. The van der Waals surface area contributed by atoms with Gasteiger partial charge in [-0.1, -0.05) is 130 Å². The van der Waals surface area contributed by atoms with Gasteiger partial charge in [0.15, 0.2) is 49.2 Å². The molecule has 2 saturated heterocycles. The van der Waals surface area contributed by atoms with Crippen molar-refractivity contribution in [3.05, 3.63) is 260 Å². The summed E-state index contributed by atoms with van der Waals surface area (Å²) in [5.41, 5.74) is 20.1. The molecule has 0 bridgehead atoms. The smallest absolute Gasteiger partial charge is 0.338 e. The second-order valence-electron chi connectivity index (χ2n) is 19.9. The van der Waals surface area contributed by atoms with Gasteiger partial charge in [-0.2, -0.15) is 0 Å². The predicted octanol–water partition coefficient (Wildman–Crippen LogP) is 8.03. The molecule has 2 fully saturated rings. The van der Waals surface area contributed by atoms with E-state index in [-0.39, 0.29) is 71.1 Å². The number of ether oxygens (including phenoxy) is 10. The van der Waals surface area contributed by atoms with Crippen molar-refractivity contribution in [2.75, 3.05) is 13.1 Å². The van der Waals surface area contributed by atoms with E-state index in [2.05, 4.69) is 40.7 Å². The van der Waals surface area contributed by atoms with Crippen LogP contribution in [0.15, 0.2) is 205 Å². The van der Waals surface area contributed by atoms with Gasteiger partial charge in [-0.15, -0.1) is 10.2 Å². The summed E-state index contributed by atoms with van der Waals surface area (Å²) in [4.78, 5) is 88.8. The molecular formula is C62H54N12O16. The molecule has 8 aromatic rings. The normalized spacial score (nSPS) is 21.0. The first-order chi connectivity index (χ1) is 44.0. The lowest BCUT2D eigenvalue weighted by Crippen LogP contribution is -2.62. The molecule has 0 spiro atoms. The van der Waals surface area contributed by atoms with Gasteiger partial charge in [0.1, 0.15) is 23.6 Å². The Bertz CT molecular complexity index is 3570. The molecule has 0 aliphatic carbocycles. The largest absolute Gasteiger partial charge is 0.452 e. The molecule has 4 heterocycles. The van der Waals surface area contributed by atoms with Crippen LogP contribution in [0.5, 0.6) is 0 Å². The number of hydrogen-bond acceptors (Lipinski definition) is 22. The third-order valence-electron chi connectivity index (χ3n) is 13.9. The second kappa shape index (κ2) is 30.5. The molecule has 28 heteroatoms. The fourth-order valence-corrected chi connectivity index (χ4v) is 9.52. The van der Waals surface area contributed by atoms with Gasteiger partial charge in [-0.05, 0) is 83.9 Å². The molecule has 28 nitrogen and oxygen atoms in total. The Morgan fingerprint density at radius 3 is 0.911 bits per heavy atom. The summed E-state index contributed by atoms with van der Waals surface area (Å²) in [6, 6.07) is 47.7. The summed E-state index contributed by atoms with van der Waals surface area (Å²) in [6.45, 7) is -1.25. The van der Waals surface area contributed by atoms with Crippen LogP contribution < -0.4 is 0 Å². The predicted molar refractivity (Wildman–Crippen MR) is 309 cm³/mol. The van der Waals surface area contributed by atoms with Crippen molar-refractivity contribution in [3.8, 4) is 0 Å². The van der Waals surface area contributed by atoms with E-state index >= 15 is 0 Å². The fourth-order valence-electron chi connectivity index (χ4n) is 9.52. The Morgan fingerprint density at radius 2 is 0.644 bits per heavy atom. The molecule has 6 aromatic carbocycles. The number of aryl methyl sites for hydroxylation is 2. The summed E-state index contributed by atoms with van der Waals surface area (Å²) in [5, 5.41) is 24.3. The van der Waals surface area contributed by atoms with Crippen molar-refractivity contribution in [2.45, 2.75) is 87.7 Å². The van der Waals surface area contributed by atoms with Crippen LogP contribution in [0, 0.1) is 0 Å². The van der Waals surface area contributed by atoms with Gasteiger partial charge in [-0.25, -0.2) is 28.8 Å².